The van der Waals surface area contributed by atoms with Crippen LogP contribution in [0.4, 0.5) is 4.79 Å². The van der Waals surface area contributed by atoms with Crippen LogP contribution in [0.15, 0.2) is 0 Å². The number of nitrogens with one attached hydrogen (secondary N) is 1. The number of carbonyl (C=O) groups is 1. The molecular formula is C7H13NO2S. The summed E-state index contributed by atoms with van der Waals surface area (Å²) < 4.78 is 4.67. The number of methoxy groups -OCH3 is 1. The molecule has 4 heteroatoms. The van der Waals surface area contributed by atoms with Crippen LogP contribution in [-0.4, -0.2) is 29.7 Å². The Kier molecular flexibility index (Phi) is 2.32. The number of rotatable bonds is 1. The molecule has 3 nitrogen and oxygen atoms in total. The van der Waals surface area contributed by atoms with Crippen molar-refractivity contribution in [1.82, 2.24) is 5.32 Å². The zero-order valence-corrected chi connectivity index (χ0v) is 7.83. The average molecular weight is 175 g/mol. The summed E-state index contributed by atoms with van der Waals surface area (Å²) in [5.74, 6) is 0.988. The van der Waals surface area contributed by atoms with Gasteiger partial charge in [-0.2, -0.15) is 11.8 Å². The van der Waals surface area contributed by atoms with Crippen LogP contribution in [0.5, 0.6) is 0 Å². The molecule has 1 aliphatic heterocycles. The van der Waals surface area contributed by atoms with Crippen LogP contribution in [0.3, 0.4) is 0 Å². The number of hydrogen-bond acceptors (Lipinski definition) is 3. The number of alkyl carbamates (subject to hydrolysis) is 1. The van der Waals surface area contributed by atoms with E-state index >= 15 is 0 Å². The minimum Gasteiger partial charge on any atom is -0.453 e. The molecule has 1 amide bonds. The van der Waals surface area contributed by atoms with Crippen molar-refractivity contribution >= 4 is 17.9 Å². The van der Waals surface area contributed by atoms with E-state index in [9.17, 15) is 4.79 Å². The van der Waals surface area contributed by atoms with E-state index in [0.29, 0.717) is 0 Å². The summed E-state index contributed by atoms with van der Waals surface area (Å²) in [5.41, 5.74) is 0. The molecule has 1 saturated heterocycles. The maximum atomic E-state index is 10.8. The van der Waals surface area contributed by atoms with E-state index in [2.05, 4.69) is 23.9 Å². The van der Waals surface area contributed by atoms with Crippen LogP contribution in [0.25, 0.3) is 0 Å². The molecule has 0 spiro atoms. The molecule has 1 N–H and O–H groups in total. The van der Waals surface area contributed by atoms with Gasteiger partial charge < -0.3 is 10.1 Å². The van der Waals surface area contributed by atoms with Crippen LogP contribution in [-0.2, 0) is 4.74 Å². The highest BCUT2D eigenvalue weighted by Crippen LogP contribution is 2.39. The summed E-state index contributed by atoms with van der Waals surface area (Å²) in [7, 11) is 1.38. The molecule has 1 heterocycles. The smallest absolute Gasteiger partial charge is 0.407 e. The third-order valence-corrected chi connectivity index (χ3v) is 3.47. The van der Waals surface area contributed by atoms with Crippen molar-refractivity contribution in [3.05, 3.63) is 0 Å². The summed E-state index contributed by atoms with van der Waals surface area (Å²) in [6, 6.07) is 0.264. The summed E-state index contributed by atoms with van der Waals surface area (Å²) >= 11 is 1.85. The second kappa shape index (κ2) is 2.93. The summed E-state index contributed by atoms with van der Waals surface area (Å²) in [5, 5.41) is 2.77. The lowest BCUT2D eigenvalue weighted by Gasteiger charge is -2.43. The minimum absolute atomic E-state index is 0.175. The molecule has 1 rings (SSSR count). The van der Waals surface area contributed by atoms with E-state index in [0.717, 1.165) is 5.75 Å². The molecule has 0 aliphatic carbocycles. The average Bonchev–Trinajstić information content (AvgIpc) is 1.98. The number of hydrogen-bond donors (Lipinski definition) is 1. The Bertz CT molecular complexity index is 170. The third-order valence-electron chi connectivity index (χ3n) is 1.94. The normalized spacial score (nSPS) is 27.0. The topological polar surface area (TPSA) is 38.3 Å². The highest BCUT2D eigenvalue weighted by Gasteiger charge is 2.40. The van der Waals surface area contributed by atoms with Crippen LogP contribution >= 0.6 is 11.8 Å². The fraction of sp³-hybridized carbons (Fsp3) is 0.857. The van der Waals surface area contributed by atoms with Gasteiger partial charge in [-0.05, 0) is 13.8 Å². The number of amides is 1. The zero-order valence-electron chi connectivity index (χ0n) is 7.01. The zero-order chi connectivity index (χ0) is 8.48. The van der Waals surface area contributed by atoms with Crippen LogP contribution in [0, 0.1) is 0 Å². The summed E-state index contributed by atoms with van der Waals surface area (Å²) in [6.45, 7) is 4.23. The number of ether oxygens (including phenoxy) is 1. The van der Waals surface area contributed by atoms with Crippen molar-refractivity contribution in [3.8, 4) is 0 Å². The van der Waals surface area contributed by atoms with Crippen molar-refractivity contribution in [3.63, 3.8) is 0 Å². The monoisotopic (exact) mass is 175 g/mol. The van der Waals surface area contributed by atoms with Gasteiger partial charge in [0, 0.05) is 10.5 Å². The van der Waals surface area contributed by atoms with E-state index in [1.165, 1.54) is 7.11 Å². The van der Waals surface area contributed by atoms with Gasteiger partial charge in [-0.15, -0.1) is 0 Å². The molecule has 0 aromatic heterocycles. The molecule has 0 saturated carbocycles. The predicted octanol–water partition coefficient (Wildman–Crippen LogP) is 1.24. The van der Waals surface area contributed by atoms with Crippen molar-refractivity contribution in [2.45, 2.75) is 24.6 Å². The molecule has 0 bridgehead atoms. The lowest BCUT2D eigenvalue weighted by molar-refractivity contribution is 0.164. The minimum atomic E-state index is -0.330. The van der Waals surface area contributed by atoms with Crippen molar-refractivity contribution < 1.29 is 9.53 Å². The second-order valence-corrected chi connectivity index (χ2v) is 4.78. The number of carbonyl (C=O) groups excluding carboxylic acids is 1. The van der Waals surface area contributed by atoms with Gasteiger partial charge in [0.1, 0.15) is 0 Å². The van der Waals surface area contributed by atoms with Gasteiger partial charge in [0.2, 0.25) is 0 Å². The first-order valence-electron chi connectivity index (χ1n) is 3.54. The van der Waals surface area contributed by atoms with Gasteiger partial charge in [-0.25, -0.2) is 4.79 Å². The molecule has 0 radical (unpaired) electrons. The van der Waals surface area contributed by atoms with Crippen molar-refractivity contribution in [2.75, 3.05) is 12.9 Å². The molecule has 1 atom stereocenters. The van der Waals surface area contributed by atoms with E-state index in [1.54, 1.807) is 0 Å². The van der Waals surface area contributed by atoms with E-state index in [4.69, 9.17) is 0 Å². The quantitative estimate of drug-likeness (QED) is 0.651. The Morgan fingerprint density at radius 2 is 2.36 bits per heavy atom. The first-order chi connectivity index (χ1) is 5.06. The molecule has 0 aromatic carbocycles. The maximum Gasteiger partial charge on any atom is 0.407 e. The molecule has 11 heavy (non-hydrogen) atoms. The Morgan fingerprint density at radius 3 is 2.64 bits per heavy atom. The van der Waals surface area contributed by atoms with E-state index in [1.807, 2.05) is 11.8 Å². The SMILES string of the molecule is COC(=O)NC1CSC1(C)C. The Labute approximate surface area is 70.9 Å². The van der Waals surface area contributed by atoms with Gasteiger partial charge in [0.15, 0.2) is 0 Å². The lowest BCUT2D eigenvalue weighted by atomic mass is 10.0. The lowest BCUT2D eigenvalue weighted by Crippen LogP contribution is -2.56. The van der Waals surface area contributed by atoms with Gasteiger partial charge >= 0.3 is 6.09 Å². The molecule has 1 unspecified atom stereocenters. The molecule has 0 aromatic rings. The molecule has 1 fully saturated rings. The van der Waals surface area contributed by atoms with Gasteiger partial charge in [0.25, 0.3) is 0 Å². The fourth-order valence-electron chi connectivity index (χ4n) is 0.917. The Morgan fingerprint density at radius 1 is 1.73 bits per heavy atom. The van der Waals surface area contributed by atoms with Crippen LogP contribution < -0.4 is 5.32 Å². The molecule has 1 aliphatic rings. The van der Waals surface area contributed by atoms with Gasteiger partial charge in [-0.1, -0.05) is 0 Å². The summed E-state index contributed by atoms with van der Waals surface area (Å²) in [4.78, 5) is 10.8. The maximum absolute atomic E-state index is 10.8. The van der Waals surface area contributed by atoms with Gasteiger partial charge in [-0.3, -0.25) is 0 Å². The number of thioether (sulfide) groups is 1. The largest absolute Gasteiger partial charge is 0.453 e. The standard InChI is InChI=1S/C7H13NO2S/c1-7(2)5(4-11-7)8-6(9)10-3/h5H,4H2,1-3H3,(H,8,9). The van der Waals surface area contributed by atoms with Crippen molar-refractivity contribution in [2.24, 2.45) is 0 Å². The summed E-state index contributed by atoms with van der Waals surface area (Å²) in [6.07, 6.45) is -0.330. The third kappa shape index (κ3) is 1.80. The highest BCUT2D eigenvalue weighted by molar-refractivity contribution is 8.02. The molecule has 64 valence electrons. The van der Waals surface area contributed by atoms with Crippen LogP contribution in [0.1, 0.15) is 13.8 Å². The predicted molar refractivity (Wildman–Crippen MR) is 45.9 cm³/mol. The van der Waals surface area contributed by atoms with Crippen molar-refractivity contribution in [1.29, 1.82) is 0 Å². The Hall–Kier alpha value is -0.380. The van der Waals surface area contributed by atoms with E-state index in [-0.39, 0.29) is 16.9 Å². The van der Waals surface area contributed by atoms with E-state index < -0.39 is 0 Å². The first kappa shape index (κ1) is 8.71. The Balaban J connectivity index is 2.34. The van der Waals surface area contributed by atoms with Gasteiger partial charge in [0.05, 0.1) is 13.2 Å². The second-order valence-electron chi connectivity index (χ2n) is 3.10. The fourth-order valence-corrected chi connectivity index (χ4v) is 2.06. The molecular weight excluding hydrogens is 162 g/mol. The van der Waals surface area contributed by atoms with Crippen LogP contribution in [0.2, 0.25) is 0 Å². The highest BCUT2D eigenvalue weighted by atomic mass is 32.2. The first-order valence-corrected chi connectivity index (χ1v) is 4.53.